The maximum absolute atomic E-state index is 12.0. The Kier molecular flexibility index (Phi) is 4.57. The first kappa shape index (κ1) is 13.6. The number of H-pyrrole nitrogens is 1. The predicted octanol–water partition coefficient (Wildman–Crippen LogP) is 2.73. The summed E-state index contributed by atoms with van der Waals surface area (Å²) in [6.07, 6.45) is 3.73. The molecule has 1 aromatic carbocycles. The highest BCUT2D eigenvalue weighted by Crippen LogP contribution is 2.24. The number of anilines is 1. The van der Waals surface area contributed by atoms with E-state index in [1.165, 1.54) is 0 Å². The second-order valence-electron chi connectivity index (χ2n) is 4.01. The van der Waals surface area contributed by atoms with Gasteiger partial charge in [-0.1, -0.05) is 19.1 Å². The molecule has 2 rings (SSSR count). The molecule has 2 N–H and O–H groups in total. The van der Waals surface area contributed by atoms with Gasteiger partial charge < -0.3 is 5.32 Å². The van der Waals surface area contributed by atoms with Crippen molar-refractivity contribution in [3.63, 3.8) is 0 Å². The summed E-state index contributed by atoms with van der Waals surface area (Å²) in [6, 6.07) is 7.65. The largest absolute Gasteiger partial charge is 0.318 e. The first-order valence-corrected chi connectivity index (χ1v) is 7.32. The minimum Gasteiger partial charge on any atom is -0.318 e. The Labute approximate surface area is 116 Å². The molecule has 100 valence electrons. The van der Waals surface area contributed by atoms with Crippen LogP contribution in [-0.2, 0) is 6.42 Å². The normalized spacial score (nSPS) is 10.4. The fraction of sp³-hybridized carbons (Fsp3) is 0.308. The highest BCUT2D eigenvalue weighted by atomic mass is 32.2. The molecule has 1 amide bonds. The van der Waals surface area contributed by atoms with E-state index in [-0.39, 0.29) is 11.7 Å². The Hall–Kier alpha value is -1.82. The quantitative estimate of drug-likeness (QED) is 0.824. The van der Waals surface area contributed by atoms with Gasteiger partial charge in [0.2, 0.25) is 5.82 Å². The van der Waals surface area contributed by atoms with E-state index in [0.29, 0.717) is 0 Å². The van der Waals surface area contributed by atoms with E-state index >= 15 is 0 Å². The highest BCUT2D eigenvalue weighted by molar-refractivity contribution is 7.98. The molecule has 0 aliphatic rings. The second kappa shape index (κ2) is 6.38. The molecule has 0 radical (unpaired) electrons. The number of para-hydroxylation sites is 1. The summed E-state index contributed by atoms with van der Waals surface area (Å²) in [5.74, 6) is 0.630. The number of amides is 1. The van der Waals surface area contributed by atoms with Crippen molar-refractivity contribution in [2.75, 3.05) is 11.6 Å². The van der Waals surface area contributed by atoms with Crippen LogP contribution in [0.2, 0.25) is 0 Å². The van der Waals surface area contributed by atoms with Crippen LogP contribution in [0.5, 0.6) is 0 Å². The lowest BCUT2D eigenvalue weighted by molar-refractivity contribution is 0.101. The number of aromatic nitrogens is 3. The average Bonchev–Trinajstić information content (AvgIpc) is 2.88. The van der Waals surface area contributed by atoms with Gasteiger partial charge in [-0.3, -0.25) is 9.89 Å². The van der Waals surface area contributed by atoms with Crippen molar-refractivity contribution in [1.82, 2.24) is 15.2 Å². The van der Waals surface area contributed by atoms with E-state index in [0.717, 1.165) is 29.2 Å². The monoisotopic (exact) mass is 276 g/mol. The van der Waals surface area contributed by atoms with Crippen LogP contribution in [0.3, 0.4) is 0 Å². The minimum absolute atomic E-state index is 0.180. The standard InChI is InChI=1S/C13H16N4OS/c1-3-6-11-15-12(17-16-11)13(18)14-9-7-4-5-8-10(9)19-2/h4-5,7-8H,3,6H2,1-2H3,(H,14,18)(H,15,16,17). The average molecular weight is 276 g/mol. The molecule has 19 heavy (non-hydrogen) atoms. The Morgan fingerprint density at radius 3 is 2.95 bits per heavy atom. The number of carbonyl (C=O) groups is 1. The van der Waals surface area contributed by atoms with Crippen LogP contribution in [0.25, 0.3) is 0 Å². The third-order valence-electron chi connectivity index (χ3n) is 2.58. The Balaban J connectivity index is 2.11. The molecule has 0 saturated carbocycles. The van der Waals surface area contributed by atoms with Crippen molar-refractivity contribution in [2.24, 2.45) is 0 Å². The number of aryl methyl sites for hydroxylation is 1. The maximum Gasteiger partial charge on any atom is 0.295 e. The molecule has 0 fully saturated rings. The molecule has 0 atom stereocenters. The number of rotatable bonds is 5. The molecule has 0 saturated heterocycles. The molecule has 0 bridgehead atoms. The SMILES string of the molecule is CCCc1nc(C(=O)Nc2ccccc2SC)n[nH]1. The summed E-state index contributed by atoms with van der Waals surface area (Å²) >= 11 is 1.58. The second-order valence-corrected chi connectivity index (χ2v) is 4.86. The van der Waals surface area contributed by atoms with Crippen LogP contribution in [0.15, 0.2) is 29.2 Å². The molecule has 0 unspecified atom stereocenters. The lowest BCUT2D eigenvalue weighted by Crippen LogP contribution is -2.14. The van der Waals surface area contributed by atoms with Gasteiger partial charge in [0.1, 0.15) is 5.82 Å². The third kappa shape index (κ3) is 3.35. The van der Waals surface area contributed by atoms with Gasteiger partial charge in [-0.2, -0.15) is 0 Å². The van der Waals surface area contributed by atoms with Crippen molar-refractivity contribution in [3.8, 4) is 0 Å². The number of aromatic amines is 1. The number of carbonyl (C=O) groups excluding carboxylic acids is 1. The summed E-state index contributed by atoms with van der Waals surface area (Å²) in [4.78, 5) is 17.2. The molecule has 0 aliphatic heterocycles. The number of nitrogens with one attached hydrogen (secondary N) is 2. The number of benzene rings is 1. The molecule has 1 heterocycles. The van der Waals surface area contributed by atoms with Crippen molar-refractivity contribution in [2.45, 2.75) is 24.7 Å². The van der Waals surface area contributed by atoms with Gasteiger partial charge in [0, 0.05) is 11.3 Å². The fourth-order valence-corrected chi connectivity index (χ4v) is 2.23. The van der Waals surface area contributed by atoms with Gasteiger partial charge in [0.25, 0.3) is 5.91 Å². The predicted molar refractivity (Wildman–Crippen MR) is 76.6 cm³/mol. The summed E-state index contributed by atoms with van der Waals surface area (Å²) in [5.41, 5.74) is 0.779. The van der Waals surface area contributed by atoms with Crippen LogP contribution in [0.1, 0.15) is 29.8 Å². The number of hydrogen-bond donors (Lipinski definition) is 2. The third-order valence-corrected chi connectivity index (χ3v) is 3.37. The summed E-state index contributed by atoms with van der Waals surface area (Å²) in [6.45, 7) is 2.05. The van der Waals surface area contributed by atoms with Crippen molar-refractivity contribution in [1.29, 1.82) is 0 Å². The van der Waals surface area contributed by atoms with E-state index in [4.69, 9.17) is 0 Å². The molecule has 0 aliphatic carbocycles. The van der Waals surface area contributed by atoms with Crippen molar-refractivity contribution < 1.29 is 4.79 Å². The summed E-state index contributed by atoms with van der Waals surface area (Å²) in [5, 5.41) is 9.53. The van der Waals surface area contributed by atoms with Crippen LogP contribution < -0.4 is 5.32 Å². The molecular weight excluding hydrogens is 260 g/mol. The molecular formula is C13H16N4OS. The lowest BCUT2D eigenvalue weighted by atomic mass is 10.3. The van der Waals surface area contributed by atoms with E-state index in [2.05, 4.69) is 27.4 Å². The number of hydrogen-bond acceptors (Lipinski definition) is 4. The van der Waals surface area contributed by atoms with Crippen molar-refractivity contribution >= 4 is 23.4 Å². The lowest BCUT2D eigenvalue weighted by Gasteiger charge is -2.06. The topological polar surface area (TPSA) is 70.7 Å². The number of nitrogens with zero attached hydrogens (tertiary/aromatic N) is 2. The van der Waals surface area contributed by atoms with Gasteiger partial charge in [-0.25, -0.2) is 4.98 Å². The minimum atomic E-state index is -0.292. The van der Waals surface area contributed by atoms with Gasteiger partial charge in [-0.05, 0) is 24.8 Å². The zero-order valence-electron chi connectivity index (χ0n) is 10.9. The Bertz CT molecular complexity index is 567. The van der Waals surface area contributed by atoms with E-state index in [9.17, 15) is 4.79 Å². The molecule has 1 aromatic heterocycles. The first-order valence-electron chi connectivity index (χ1n) is 6.10. The van der Waals surface area contributed by atoms with E-state index in [1.807, 2.05) is 30.5 Å². The molecule has 0 spiro atoms. The van der Waals surface area contributed by atoms with Crippen LogP contribution in [0, 0.1) is 0 Å². The van der Waals surface area contributed by atoms with Crippen LogP contribution >= 0.6 is 11.8 Å². The number of thioether (sulfide) groups is 1. The zero-order chi connectivity index (χ0) is 13.7. The molecule has 6 heteroatoms. The van der Waals surface area contributed by atoms with Crippen LogP contribution in [0.4, 0.5) is 5.69 Å². The summed E-state index contributed by atoms with van der Waals surface area (Å²) < 4.78 is 0. The van der Waals surface area contributed by atoms with Gasteiger partial charge in [-0.15, -0.1) is 16.9 Å². The van der Waals surface area contributed by atoms with Crippen LogP contribution in [-0.4, -0.2) is 27.3 Å². The summed E-state index contributed by atoms with van der Waals surface area (Å²) in [7, 11) is 0. The zero-order valence-corrected chi connectivity index (χ0v) is 11.8. The Morgan fingerprint density at radius 2 is 2.21 bits per heavy atom. The van der Waals surface area contributed by atoms with Crippen molar-refractivity contribution in [3.05, 3.63) is 35.9 Å². The van der Waals surface area contributed by atoms with Gasteiger partial charge in [0.05, 0.1) is 5.69 Å². The molecule has 5 nitrogen and oxygen atoms in total. The Morgan fingerprint density at radius 1 is 1.42 bits per heavy atom. The highest BCUT2D eigenvalue weighted by Gasteiger charge is 2.13. The van der Waals surface area contributed by atoms with E-state index < -0.39 is 0 Å². The first-order chi connectivity index (χ1) is 9.24. The van der Waals surface area contributed by atoms with E-state index in [1.54, 1.807) is 11.8 Å². The van der Waals surface area contributed by atoms with Gasteiger partial charge in [0.15, 0.2) is 0 Å². The van der Waals surface area contributed by atoms with Gasteiger partial charge >= 0.3 is 0 Å². The maximum atomic E-state index is 12.0. The molecule has 2 aromatic rings. The fourth-order valence-electron chi connectivity index (χ4n) is 1.67. The smallest absolute Gasteiger partial charge is 0.295 e.